The first-order valence-electron chi connectivity index (χ1n) is 21.1. The summed E-state index contributed by atoms with van der Waals surface area (Å²) in [6.45, 7) is 14.9. The van der Waals surface area contributed by atoms with Crippen LogP contribution in [0, 0.1) is 34.0 Å². The lowest BCUT2D eigenvalue weighted by molar-refractivity contribution is -0.196. The summed E-state index contributed by atoms with van der Waals surface area (Å²) in [6, 6.07) is 16.0. The number of aromatic nitrogens is 1. The molecular weight excluding hydrogens is 782 g/mol. The number of piperazine rings is 1. The number of hydrogen-bond donors (Lipinski definition) is 1. The Morgan fingerprint density at radius 2 is 1.57 bits per heavy atom. The molecule has 0 bridgehead atoms. The van der Waals surface area contributed by atoms with Crippen LogP contribution in [0.4, 0.5) is 11.5 Å². The van der Waals surface area contributed by atoms with Crippen molar-refractivity contribution in [3.63, 3.8) is 0 Å². The fraction of sp³-hybridized carbons (Fsp3) is 0.500. The zero-order valence-electron chi connectivity index (χ0n) is 34.7. The van der Waals surface area contributed by atoms with Crippen LogP contribution < -0.4 is 19.9 Å². The van der Waals surface area contributed by atoms with Gasteiger partial charge in [0, 0.05) is 86.5 Å². The number of nitrogens with zero attached hydrogens (tertiary/aromatic N) is 6. The molecule has 1 aliphatic carbocycles. The van der Waals surface area contributed by atoms with Crippen molar-refractivity contribution < 1.29 is 28.7 Å². The van der Waals surface area contributed by atoms with E-state index >= 15 is 0 Å². The van der Waals surface area contributed by atoms with Crippen LogP contribution in [0.15, 0.2) is 54.7 Å². The van der Waals surface area contributed by atoms with Gasteiger partial charge in [0.25, 0.3) is 11.8 Å². The van der Waals surface area contributed by atoms with Crippen molar-refractivity contribution in [3.8, 4) is 11.8 Å². The van der Waals surface area contributed by atoms with Gasteiger partial charge in [0.05, 0.1) is 21.7 Å². The molecule has 0 radical (unpaired) electrons. The Hall–Kier alpha value is -5.32. The maximum absolute atomic E-state index is 13.6. The number of amides is 4. The molecule has 5 aliphatic rings. The zero-order valence-corrected chi connectivity index (χ0v) is 35.5. The Morgan fingerprint density at radius 1 is 0.883 bits per heavy atom. The summed E-state index contributed by atoms with van der Waals surface area (Å²) in [7, 11) is 0. The Balaban J connectivity index is 0.769. The van der Waals surface area contributed by atoms with E-state index in [9.17, 15) is 29.2 Å². The third-order valence-electron chi connectivity index (χ3n) is 13.9. The molecule has 13 nitrogen and oxygen atoms in total. The molecule has 3 aromatic rings. The molecule has 1 N–H and O–H groups in total. The lowest BCUT2D eigenvalue weighted by Crippen LogP contribution is -2.66. The Bertz CT molecular complexity index is 2240. The summed E-state index contributed by atoms with van der Waals surface area (Å²) >= 11 is 6.26. The predicted octanol–water partition coefficient (Wildman–Crippen LogP) is 6.14. The average molecular weight is 834 g/mol. The summed E-state index contributed by atoms with van der Waals surface area (Å²) in [5.41, 5.74) is 2.25. The van der Waals surface area contributed by atoms with Gasteiger partial charge in [-0.3, -0.25) is 39.1 Å². The third kappa shape index (κ3) is 7.76. The second-order valence-electron chi connectivity index (χ2n) is 18.2. The molecule has 1 atom stereocenters. The van der Waals surface area contributed by atoms with E-state index in [1.54, 1.807) is 24.3 Å². The van der Waals surface area contributed by atoms with E-state index < -0.39 is 29.7 Å². The number of anilines is 2. The van der Waals surface area contributed by atoms with Crippen molar-refractivity contribution in [2.24, 2.45) is 22.7 Å². The summed E-state index contributed by atoms with van der Waals surface area (Å²) in [5, 5.41) is 11.8. The molecule has 2 aromatic carbocycles. The smallest absolute Gasteiger partial charge is 0.263 e. The second kappa shape index (κ2) is 16.3. The molecule has 5 heterocycles. The van der Waals surface area contributed by atoms with Gasteiger partial charge in [-0.15, -0.1) is 0 Å². The van der Waals surface area contributed by atoms with Gasteiger partial charge in [-0.1, -0.05) is 39.3 Å². The largest absolute Gasteiger partial charge is 0.489 e. The topological polar surface area (TPSA) is 156 Å². The van der Waals surface area contributed by atoms with Crippen molar-refractivity contribution in [1.29, 1.82) is 5.26 Å². The van der Waals surface area contributed by atoms with Gasteiger partial charge in [0.1, 0.15) is 29.8 Å². The average Bonchev–Trinajstić information content (AvgIpc) is 3.49. The predicted molar refractivity (Wildman–Crippen MR) is 226 cm³/mol. The number of carbonyl (C=O) groups excluding carboxylic acids is 5. The van der Waals surface area contributed by atoms with Crippen LogP contribution in [0.5, 0.6) is 5.75 Å². The lowest BCUT2D eigenvalue weighted by Gasteiger charge is -2.63. The number of nitriles is 1. The highest BCUT2D eigenvalue weighted by atomic mass is 35.5. The van der Waals surface area contributed by atoms with E-state index in [4.69, 9.17) is 16.3 Å². The van der Waals surface area contributed by atoms with Crippen LogP contribution >= 0.6 is 11.6 Å². The number of Topliss-reactive ketones (excluding diaryl/α,β-unsaturated/α-hetero) is 1. The summed E-state index contributed by atoms with van der Waals surface area (Å²) in [4.78, 5) is 76.6. The summed E-state index contributed by atoms with van der Waals surface area (Å²) < 4.78 is 6.42. The minimum Gasteiger partial charge on any atom is -0.489 e. The van der Waals surface area contributed by atoms with Crippen LogP contribution in [0.25, 0.3) is 0 Å². The number of ether oxygens (including phenoxy) is 1. The number of carbonyl (C=O) groups is 5. The Kier molecular flexibility index (Phi) is 11.2. The number of piperidine rings is 2. The van der Waals surface area contributed by atoms with Crippen molar-refractivity contribution in [3.05, 3.63) is 82.0 Å². The number of imide groups is 2. The van der Waals surface area contributed by atoms with E-state index in [0.29, 0.717) is 34.5 Å². The zero-order chi connectivity index (χ0) is 42.5. The Labute approximate surface area is 356 Å². The first-order valence-corrected chi connectivity index (χ1v) is 21.5. The minimum absolute atomic E-state index is 0.0789. The van der Waals surface area contributed by atoms with Crippen LogP contribution in [0.3, 0.4) is 0 Å². The number of nitrogens with one attached hydrogen (secondary N) is 1. The quantitative estimate of drug-likeness (QED) is 0.175. The molecule has 1 aromatic heterocycles. The summed E-state index contributed by atoms with van der Waals surface area (Å²) in [6.07, 6.45) is 5.32. The molecule has 1 saturated carbocycles. The number of pyridine rings is 1. The Morgan fingerprint density at radius 3 is 2.22 bits per heavy atom. The van der Waals surface area contributed by atoms with Gasteiger partial charge in [-0.25, -0.2) is 4.98 Å². The molecule has 4 aliphatic heterocycles. The molecule has 4 fully saturated rings. The fourth-order valence-electron chi connectivity index (χ4n) is 10.5. The van der Waals surface area contributed by atoms with Crippen molar-refractivity contribution in [2.45, 2.75) is 78.4 Å². The highest BCUT2D eigenvalue weighted by Crippen LogP contribution is 2.61. The van der Waals surface area contributed by atoms with Crippen LogP contribution in [0.2, 0.25) is 5.02 Å². The van der Waals surface area contributed by atoms with Crippen molar-refractivity contribution in [2.75, 3.05) is 55.6 Å². The van der Waals surface area contributed by atoms with Crippen LogP contribution in [-0.2, 0) is 9.59 Å². The van der Waals surface area contributed by atoms with Gasteiger partial charge >= 0.3 is 0 Å². The molecule has 14 heteroatoms. The van der Waals surface area contributed by atoms with Gasteiger partial charge in [-0.2, -0.15) is 5.26 Å². The number of ketones is 1. The third-order valence-corrected chi connectivity index (χ3v) is 14.2. The second-order valence-corrected chi connectivity index (χ2v) is 18.6. The molecule has 4 amide bonds. The SMILES string of the molecule is CC1(C)C(CC(=O)c2ccc(N3CCC(CCN4CCN(c5cc6c(cn5)C(=O)N(C5CCC(=O)NC5=O)C6=O)CC4)CC3)cc2)C(C)(C)C1Oc1ccc(C#N)c(Cl)c1. The molecule has 3 saturated heterocycles. The van der Waals surface area contributed by atoms with Gasteiger partial charge in [-0.05, 0) is 86.5 Å². The van der Waals surface area contributed by atoms with Gasteiger partial charge < -0.3 is 14.5 Å². The van der Waals surface area contributed by atoms with E-state index in [1.165, 1.54) is 6.20 Å². The van der Waals surface area contributed by atoms with Crippen molar-refractivity contribution in [1.82, 2.24) is 20.1 Å². The highest BCUT2D eigenvalue weighted by Gasteiger charge is 2.63. The first-order chi connectivity index (χ1) is 28.6. The van der Waals surface area contributed by atoms with Crippen LogP contribution in [-0.4, -0.2) is 102 Å². The molecule has 60 heavy (non-hydrogen) atoms. The van der Waals surface area contributed by atoms with Gasteiger partial charge in [0.2, 0.25) is 11.8 Å². The molecular formula is C46H52ClN7O6. The molecule has 8 rings (SSSR count). The molecule has 1 unspecified atom stereocenters. The van der Waals surface area contributed by atoms with E-state index in [-0.39, 0.29) is 52.6 Å². The van der Waals surface area contributed by atoms with E-state index in [2.05, 4.69) is 70.9 Å². The highest BCUT2D eigenvalue weighted by molar-refractivity contribution is 6.31. The minimum atomic E-state index is -0.997. The number of halogens is 1. The van der Waals surface area contributed by atoms with Crippen LogP contribution in [0.1, 0.15) is 103 Å². The normalized spacial score (nSPS) is 24.1. The molecule has 0 spiro atoms. The number of hydrogen-bond acceptors (Lipinski definition) is 11. The summed E-state index contributed by atoms with van der Waals surface area (Å²) in [5.74, 6) is 0.0838. The van der Waals surface area contributed by atoms with Gasteiger partial charge in [0.15, 0.2) is 5.78 Å². The monoisotopic (exact) mass is 833 g/mol. The van der Waals surface area contributed by atoms with E-state index in [1.807, 2.05) is 12.1 Å². The fourth-order valence-corrected chi connectivity index (χ4v) is 10.8. The van der Waals surface area contributed by atoms with Crippen molar-refractivity contribution >= 4 is 52.5 Å². The number of benzene rings is 2. The first kappa shape index (κ1) is 41.4. The maximum atomic E-state index is 13.6. The lowest BCUT2D eigenvalue weighted by atomic mass is 9.44. The standard InChI is InChI=1S/C46H52ClN7O6/c1-45(2)38(46(3,4)44(45)60-32-10-7-30(26-48)35(47)23-32)25-37(55)29-5-8-31(9-6-29)52-17-14-28(15-18-52)13-16-51-19-21-53(22-20-51)39-24-33-34(27-49-39)43(59)54(42(33)58)36-11-12-40(56)50-41(36)57/h5-10,23-24,27-28,36,38,44H,11-22,25H2,1-4H3,(H,50,56,57). The molecule has 314 valence electrons. The van der Waals surface area contributed by atoms with E-state index in [0.717, 1.165) is 81.2 Å². The maximum Gasteiger partial charge on any atom is 0.263 e. The number of rotatable bonds is 11. The number of fused-ring (bicyclic) bond motifs is 1.